The van der Waals surface area contributed by atoms with Crippen LogP contribution in [0.3, 0.4) is 0 Å². The number of hydrogen-bond donors (Lipinski definition) is 3. The summed E-state index contributed by atoms with van der Waals surface area (Å²) < 4.78 is 78.3. The van der Waals surface area contributed by atoms with Crippen LogP contribution >= 0.6 is 0 Å². The van der Waals surface area contributed by atoms with Crippen LogP contribution in [0.2, 0.25) is 0 Å². The Morgan fingerprint density at radius 1 is 0.875 bits per heavy atom. The Hall–Kier alpha value is -3.03. The SMILES string of the molecule is O=C(CCN1CCC(c2ccc(C(F)(F)F)cc2)CC1)N1CCC(Nc2ccc(N(O)O)c(C(F)(F)F)c2)CC1. The molecule has 2 fully saturated rings. The highest BCUT2D eigenvalue weighted by Gasteiger charge is 2.36. The number of amides is 1. The van der Waals surface area contributed by atoms with Gasteiger partial charge < -0.3 is 15.1 Å². The van der Waals surface area contributed by atoms with Gasteiger partial charge in [-0.3, -0.25) is 15.2 Å². The zero-order chi connectivity index (χ0) is 29.1. The van der Waals surface area contributed by atoms with Crippen LogP contribution < -0.4 is 10.5 Å². The first-order valence-corrected chi connectivity index (χ1v) is 13.1. The summed E-state index contributed by atoms with van der Waals surface area (Å²) in [6, 6.07) is 8.33. The van der Waals surface area contributed by atoms with E-state index in [0.717, 1.165) is 55.8 Å². The molecule has 2 aliphatic rings. The van der Waals surface area contributed by atoms with E-state index < -0.39 is 34.4 Å². The number of rotatable bonds is 7. The second-order valence-corrected chi connectivity index (χ2v) is 10.3. The molecule has 0 saturated carbocycles. The van der Waals surface area contributed by atoms with Gasteiger partial charge in [-0.05, 0) is 80.6 Å². The fourth-order valence-electron chi connectivity index (χ4n) is 5.38. The number of carbonyl (C=O) groups excluding carboxylic acids is 1. The molecule has 2 heterocycles. The van der Waals surface area contributed by atoms with Gasteiger partial charge in [0, 0.05) is 37.8 Å². The number of anilines is 2. The maximum atomic E-state index is 13.3. The number of halogens is 6. The van der Waals surface area contributed by atoms with Crippen molar-refractivity contribution in [1.82, 2.24) is 9.80 Å². The zero-order valence-corrected chi connectivity index (χ0v) is 21.7. The Morgan fingerprint density at radius 2 is 1.50 bits per heavy atom. The largest absolute Gasteiger partial charge is 0.418 e. The Bertz CT molecular complexity index is 1140. The van der Waals surface area contributed by atoms with Crippen molar-refractivity contribution >= 4 is 17.3 Å². The molecule has 0 spiro atoms. The average Bonchev–Trinajstić information content (AvgIpc) is 2.91. The molecule has 7 nitrogen and oxygen atoms in total. The van der Waals surface area contributed by atoms with E-state index in [2.05, 4.69) is 10.2 Å². The van der Waals surface area contributed by atoms with Crippen LogP contribution in [0, 0.1) is 0 Å². The van der Waals surface area contributed by atoms with Crippen molar-refractivity contribution in [2.45, 2.75) is 56.4 Å². The lowest BCUT2D eigenvalue weighted by atomic mass is 9.89. The quantitative estimate of drug-likeness (QED) is 0.279. The summed E-state index contributed by atoms with van der Waals surface area (Å²) in [4.78, 5) is 16.7. The Labute approximate surface area is 227 Å². The van der Waals surface area contributed by atoms with Gasteiger partial charge in [-0.25, -0.2) is 0 Å². The monoisotopic (exact) mass is 574 g/mol. The third-order valence-electron chi connectivity index (χ3n) is 7.67. The minimum atomic E-state index is -4.77. The number of carbonyl (C=O) groups is 1. The molecule has 0 atom stereocenters. The van der Waals surface area contributed by atoms with Crippen LogP contribution in [-0.2, 0) is 17.1 Å². The molecule has 0 radical (unpaired) electrons. The zero-order valence-electron chi connectivity index (χ0n) is 21.7. The van der Waals surface area contributed by atoms with E-state index in [1.165, 1.54) is 6.07 Å². The molecule has 40 heavy (non-hydrogen) atoms. The summed E-state index contributed by atoms with van der Waals surface area (Å²) in [5, 5.41) is 20.6. The molecule has 0 aromatic heterocycles. The topological polar surface area (TPSA) is 79.3 Å². The molecular formula is C27H32F6N4O3. The highest BCUT2D eigenvalue weighted by Crippen LogP contribution is 2.38. The Kier molecular flexibility index (Phi) is 9.16. The van der Waals surface area contributed by atoms with Gasteiger partial charge in [0.25, 0.3) is 0 Å². The fourth-order valence-corrected chi connectivity index (χ4v) is 5.38. The van der Waals surface area contributed by atoms with Gasteiger partial charge in [0.2, 0.25) is 5.91 Å². The van der Waals surface area contributed by atoms with E-state index in [9.17, 15) is 31.1 Å². The predicted molar refractivity (Wildman–Crippen MR) is 135 cm³/mol. The lowest BCUT2D eigenvalue weighted by Crippen LogP contribution is -2.44. The third-order valence-corrected chi connectivity index (χ3v) is 7.67. The summed E-state index contributed by atoms with van der Waals surface area (Å²) in [7, 11) is 0. The van der Waals surface area contributed by atoms with E-state index in [0.29, 0.717) is 38.9 Å². The number of alkyl halides is 6. The molecule has 13 heteroatoms. The van der Waals surface area contributed by atoms with Crippen molar-refractivity contribution in [3.05, 3.63) is 59.2 Å². The van der Waals surface area contributed by atoms with Gasteiger partial charge in [0.15, 0.2) is 0 Å². The van der Waals surface area contributed by atoms with Crippen LogP contribution in [0.4, 0.5) is 37.7 Å². The van der Waals surface area contributed by atoms with Gasteiger partial charge in [-0.15, -0.1) is 5.23 Å². The van der Waals surface area contributed by atoms with E-state index in [4.69, 9.17) is 10.4 Å². The van der Waals surface area contributed by atoms with Gasteiger partial charge in [0.1, 0.15) is 5.69 Å². The number of benzene rings is 2. The summed E-state index contributed by atoms with van der Waals surface area (Å²) in [5.41, 5.74) is -1.52. The summed E-state index contributed by atoms with van der Waals surface area (Å²) in [6.45, 7) is 3.05. The minimum absolute atomic E-state index is 0.0120. The van der Waals surface area contributed by atoms with E-state index in [-0.39, 0.29) is 23.6 Å². The van der Waals surface area contributed by atoms with E-state index in [1.54, 1.807) is 17.0 Å². The average molecular weight is 575 g/mol. The molecule has 2 aliphatic heterocycles. The van der Waals surface area contributed by atoms with Crippen molar-refractivity contribution in [2.75, 3.05) is 43.3 Å². The third kappa shape index (κ3) is 7.58. The molecule has 2 aromatic carbocycles. The number of hydrogen-bond acceptors (Lipinski definition) is 6. The van der Waals surface area contributed by atoms with E-state index >= 15 is 0 Å². The lowest BCUT2D eigenvalue weighted by Gasteiger charge is -2.35. The van der Waals surface area contributed by atoms with Gasteiger partial charge in [-0.2, -0.15) is 26.3 Å². The molecule has 2 saturated heterocycles. The molecule has 4 rings (SSSR count). The van der Waals surface area contributed by atoms with Crippen LogP contribution in [0.25, 0.3) is 0 Å². The number of nitrogens with one attached hydrogen (secondary N) is 1. The van der Waals surface area contributed by atoms with Crippen LogP contribution in [0.15, 0.2) is 42.5 Å². The summed E-state index contributed by atoms with van der Waals surface area (Å²) in [5.74, 6) is 0.202. The van der Waals surface area contributed by atoms with Gasteiger partial charge in [0.05, 0.1) is 11.1 Å². The van der Waals surface area contributed by atoms with Crippen molar-refractivity contribution in [2.24, 2.45) is 0 Å². The van der Waals surface area contributed by atoms with Crippen LogP contribution in [0.5, 0.6) is 0 Å². The normalized spacial score (nSPS) is 18.1. The molecule has 2 aromatic rings. The van der Waals surface area contributed by atoms with Crippen LogP contribution in [-0.4, -0.2) is 64.9 Å². The maximum absolute atomic E-state index is 13.3. The second kappa shape index (κ2) is 12.2. The number of piperidine rings is 2. The summed E-state index contributed by atoms with van der Waals surface area (Å²) in [6.07, 6.45) is -6.05. The molecule has 0 bridgehead atoms. The molecule has 1 amide bonds. The van der Waals surface area contributed by atoms with Crippen molar-refractivity contribution in [3.63, 3.8) is 0 Å². The summed E-state index contributed by atoms with van der Waals surface area (Å²) >= 11 is 0. The lowest BCUT2D eigenvalue weighted by molar-refractivity contribution is -0.139. The van der Waals surface area contributed by atoms with Crippen molar-refractivity contribution in [3.8, 4) is 0 Å². The predicted octanol–water partition coefficient (Wildman–Crippen LogP) is 5.98. The van der Waals surface area contributed by atoms with Gasteiger partial charge in [-0.1, -0.05) is 12.1 Å². The first-order chi connectivity index (χ1) is 18.8. The molecule has 3 N–H and O–H groups in total. The molecule has 220 valence electrons. The highest BCUT2D eigenvalue weighted by molar-refractivity contribution is 5.76. The number of likely N-dealkylation sites (tertiary alicyclic amines) is 2. The first-order valence-electron chi connectivity index (χ1n) is 13.1. The smallest absolute Gasteiger partial charge is 0.382 e. The molecule has 0 aliphatic carbocycles. The number of nitrogens with zero attached hydrogens (tertiary/aromatic N) is 3. The standard InChI is InChI=1S/C27H32F6N4O3/c28-26(29,30)20-3-1-18(2-4-20)19-7-12-35(13-8-19)14-11-25(38)36-15-9-21(10-16-36)34-22-5-6-24(37(39)40)23(17-22)27(31,32)33/h1-6,17,19,21,34,39-40H,7-16H2. The second-order valence-electron chi connectivity index (χ2n) is 10.3. The maximum Gasteiger partial charge on any atom is 0.418 e. The minimum Gasteiger partial charge on any atom is -0.382 e. The molecule has 0 unspecified atom stereocenters. The molecular weight excluding hydrogens is 542 g/mol. The highest BCUT2D eigenvalue weighted by atomic mass is 19.4. The van der Waals surface area contributed by atoms with Gasteiger partial charge >= 0.3 is 12.4 Å². The van der Waals surface area contributed by atoms with Crippen molar-refractivity contribution < 1.29 is 41.6 Å². The first kappa shape index (κ1) is 29.9. The fraction of sp³-hybridized carbons (Fsp3) is 0.519. The van der Waals surface area contributed by atoms with Crippen LogP contribution in [0.1, 0.15) is 54.7 Å². The Morgan fingerprint density at radius 3 is 2.05 bits per heavy atom. The van der Waals surface area contributed by atoms with Crippen molar-refractivity contribution in [1.29, 1.82) is 0 Å². The Balaban J connectivity index is 1.19. The van der Waals surface area contributed by atoms with E-state index in [1.807, 2.05) is 0 Å².